The van der Waals surface area contributed by atoms with Gasteiger partial charge in [0, 0.05) is 26.8 Å². The second kappa shape index (κ2) is 8.19. The van der Waals surface area contributed by atoms with Crippen molar-refractivity contribution in [3.05, 3.63) is 41.2 Å². The number of hydrogen-bond donors (Lipinski definition) is 2. The molecule has 2 aromatic rings. The Kier molecular flexibility index (Phi) is 6.86. The lowest BCUT2D eigenvalue weighted by atomic mass is 10.1. The van der Waals surface area contributed by atoms with Crippen molar-refractivity contribution >= 4 is 41.6 Å². The van der Waals surface area contributed by atoms with E-state index in [4.69, 9.17) is 5.73 Å². The van der Waals surface area contributed by atoms with Crippen molar-refractivity contribution in [2.75, 3.05) is 24.3 Å². The molecular formula is C16H25IN6. The molecule has 0 fully saturated rings. The predicted molar refractivity (Wildman–Crippen MR) is 108 cm³/mol. The highest BCUT2D eigenvalue weighted by atomic mass is 127. The molecule has 0 amide bonds. The smallest absolute Gasteiger partial charge is 0.204 e. The molecular weight excluding hydrogens is 403 g/mol. The first-order chi connectivity index (χ1) is 10.4. The topological polar surface area (TPSA) is 71.5 Å². The number of imidazole rings is 1. The summed E-state index contributed by atoms with van der Waals surface area (Å²) in [6, 6.07) is 6.13. The largest absolute Gasteiger partial charge is 0.370 e. The normalized spacial score (nSPS) is 11.1. The first-order valence-electron chi connectivity index (χ1n) is 7.20. The van der Waals surface area contributed by atoms with Crippen molar-refractivity contribution in [2.45, 2.75) is 20.4 Å². The third-order valence-corrected chi connectivity index (χ3v) is 3.65. The average Bonchev–Trinajstić information content (AvgIpc) is 2.82. The van der Waals surface area contributed by atoms with Gasteiger partial charge in [-0.15, -0.1) is 24.0 Å². The van der Waals surface area contributed by atoms with Crippen LogP contribution in [-0.4, -0.2) is 29.6 Å². The summed E-state index contributed by atoms with van der Waals surface area (Å²) in [5.41, 5.74) is 10.4. The monoisotopic (exact) mass is 428 g/mol. The molecule has 0 aliphatic carbocycles. The quantitative estimate of drug-likeness (QED) is 0.446. The minimum Gasteiger partial charge on any atom is -0.370 e. The average molecular weight is 428 g/mol. The molecule has 1 aromatic heterocycles. The molecule has 0 saturated carbocycles. The second-order valence-electron chi connectivity index (χ2n) is 5.63. The fourth-order valence-electron chi connectivity index (χ4n) is 2.17. The molecule has 0 aliphatic rings. The Bertz CT molecular complexity index is 690. The molecule has 0 radical (unpaired) electrons. The molecule has 0 spiro atoms. The zero-order valence-corrected chi connectivity index (χ0v) is 16.6. The van der Waals surface area contributed by atoms with E-state index in [-0.39, 0.29) is 24.0 Å². The molecule has 0 unspecified atom stereocenters. The van der Waals surface area contributed by atoms with Gasteiger partial charge in [0.1, 0.15) is 0 Å². The fraction of sp³-hybridized carbons (Fsp3) is 0.375. The summed E-state index contributed by atoms with van der Waals surface area (Å²) in [4.78, 5) is 10.7. The SMILES string of the molecule is Cc1ccc(NC(N)=NCc2cnc(N(C)C)n2C)cc1C.I. The van der Waals surface area contributed by atoms with Gasteiger partial charge < -0.3 is 20.5 Å². The number of hydrogen-bond acceptors (Lipinski definition) is 3. The van der Waals surface area contributed by atoms with Gasteiger partial charge in [-0.3, -0.25) is 0 Å². The Hall–Kier alpha value is -1.77. The van der Waals surface area contributed by atoms with Crippen LogP contribution >= 0.6 is 24.0 Å². The molecule has 0 saturated heterocycles. The summed E-state index contributed by atoms with van der Waals surface area (Å²) in [5, 5.41) is 3.12. The van der Waals surface area contributed by atoms with E-state index < -0.39 is 0 Å². The van der Waals surface area contributed by atoms with Crippen LogP contribution in [0.15, 0.2) is 29.4 Å². The van der Waals surface area contributed by atoms with Crippen molar-refractivity contribution in [1.82, 2.24) is 9.55 Å². The second-order valence-corrected chi connectivity index (χ2v) is 5.63. The van der Waals surface area contributed by atoms with Crippen LogP contribution in [0.3, 0.4) is 0 Å². The Labute approximate surface area is 154 Å². The highest BCUT2D eigenvalue weighted by molar-refractivity contribution is 14.0. The highest BCUT2D eigenvalue weighted by Crippen LogP contribution is 2.14. The van der Waals surface area contributed by atoms with Gasteiger partial charge in [0.15, 0.2) is 5.96 Å². The van der Waals surface area contributed by atoms with E-state index in [0.717, 1.165) is 17.3 Å². The van der Waals surface area contributed by atoms with E-state index in [1.165, 1.54) is 11.1 Å². The number of benzene rings is 1. The molecule has 7 heteroatoms. The predicted octanol–water partition coefficient (Wildman–Crippen LogP) is 2.65. The third-order valence-electron chi connectivity index (χ3n) is 3.65. The lowest BCUT2D eigenvalue weighted by Crippen LogP contribution is -2.23. The summed E-state index contributed by atoms with van der Waals surface area (Å²) in [5.74, 6) is 1.29. The minimum absolute atomic E-state index is 0. The number of rotatable bonds is 4. The van der Waals surface area contributed by atoms with Gasteiger partial charge in [-0.25, -0.2) is 9.98 Å². The maximum absolute atomic E-state index is 5.96. The molecule has 6 nitrogen and oxygen atoms in total. The van der Waals surface area contributed by atoms with E-state index in [0.29, 0.717) is 12.5 Å². The van der Waals surface area contributed by atoms with Crippen LogP contribution < -0.4 is 16.0 Å². The molecule has 2 rings (SSSR count). The first kappa shape index (κ1) is 19.3. The van der Waals surface area contributed by atoms with Gasteiger partial charge in [0.25, 0.3) is 0 Å². The van der Waals surface area contributed by atoms with E-state index in [1.807, 2.05) is 42.9 Å². The van der Waals surface area contributed by atoms with E-state index in [1.54, 1.807) is 0 Å². The lowest BCUT2D eigenvalue weighted by molar-refractivity contribution is 0.801. The van der Waals surface area contributed by atoms with Gasteiger partial charge in [-0.2, -0.15) is 0 Å². The van der Waals surface area contributed by atoms with Gasteiger partial charge in [0.2, 0.25) is 5.95 Å². The lowest BCUT2D eigenvalue weighted by Gasteiger charge is -2.12. The number of aliphatic imine (C=N–C) groups is 1. The molecule has 126 valence electrons. The standard InChI is InChI=1S/C16H24N6.HI/c1-11-6-7-13(8-12(11)2)20-15(17)18-9-14-10-19-16(21(3)4)22(14)5;/h6-8,10H,9H2,1-5H3,(H3,17,18,20);1H. The number of halogens is 1. The van der Waals surface area contributed by atoms with Crippen LogP contribution in [0.25, 0.3) is 0 Å². The Morgan fingerprint density at radius 3 is 2.57 bits per heavy atom. The van der Waals surface area contributed by atoms with Crippen LogP contribution in [0.1, 0.15) is 16.8 Å². The van der Waals surface area contributed by atoms with Gasteiger partial charge in [-0.1, -0.05) is 6.07 Å². The summed E-state index contributed by atoms with van der Waals surface area (Å²) >= 11 is 0. The highest BCUT2D eigenvalue weighted by Gasteiger charge is 2.07. The van der Waals surface area contributed by atoms with Crippen LogP contribution in [0.2, 0.25) is 0 Å². The maximum Gasteiger partial charge on any atom is 0.204 e. The Morgan fingerprint density at radius 2 is 2.00 bits per heavy atom. The zero-order chi connectivity index (χ0) is 16.3. The third kappa shape index (κ3) is 4.85. The van der Waals surface area contributed by atoms with Gasteiger partial charge in [-0.05, 0) is 37.1 Å². The molecule has 1 aromatic carbocycles. The van der Waals surface area contributed by atoms with Crippen molar-refractivity contribution in [2.24, 2.45) is 17.8 Å². The molecule has 3 N–H and O–H groups in total. The van der Waals surface area contributed by atoms with Gasteiger partial charge >= 0.3 is 0 Å². The number of nitrogens with zero attached hydrogens (tertiary/aromatic N) is 4. The van der Waals surface area contributed by atoms with E-state index in [9.17, 15) is 0 Å². The molecule has 1 heterocycles. The zero-order valence-electron chi connectivity index (χ0n) is 14.3. The number of aryl methyl sites for hydroxylation is 2. The number of nitrogens with one attached hydrogen (secondary N) is 1. The Morgan fingerprint density at radius 1 is 1.30 bits per heavy atom. The number of guanidine groups is 1. The minimum atomic E-state index is 0. The van der Waals surface area contributed by atoms with Crippen LogP contribution in [0.4, 0.5) is 11.6 Å². The summed E-state index contributed by atoms with van der Waals surface area (Å²) in [6.45, 7) is 4.65. The summed E-state index contributed by atoms with van der Waals surface area (Å²) in [6.07, 6.45) is 1.82. The number of anilines is 2. The van der Waals surface area contributed by atoms with Crippen molar-refractivity contribution in [3.8, 4) is 0 Å². The summed E-state index contributed by atoms with van der Waals surface area (Å²) < 4.78 is 2.01. The van der Waals surface area contributed by atoms with Crippen LogP contribution in [0, 0.1) is 13.8 Å². The molecule has 23 heavy (non-hydrogen) atoms. The van der Waals surface area contributed by atoms with Crippen molar-refractivity contribution in [3.63, 3.8) is 0 Å². The molecule has 0 aliphatic heterocycles. The maximum atomic E-state index is 5.96. The number of nitrogens with two attached hydrogens (primary N) is 1. The first-order valence-corrected chi connectivity index (χ1v) is 7.20. The molecule has 0 atom stereocenters. The fourth-order valence-corrected chi connectivity index (χ4v) is 2.17. The number of aromatic nitrogens is 2. The van der Waals surface area contributed by atoms with Gasteiger partial charge in [0.05, 0.1) is 18.4 Å². The Balaban J connectivity index is 0.00000264. The summed E-state index contributed by atoms with van der Waals surface area (Å²) in [7, 11) is 5.90. The molecule has 0 bridgehead atoms. The van der Waals surface area contributed by atoms with Crippen LogP contribution in [-0.2, 0) is 13.6 Å². The van der Waals surface area contributed by atoms with E-state index >= 15 is 0 Å². The van der Waals surface area contributed by atoms with Crippen molar-refractivity contribution in [1.29, 1.82) is 0 Å². The van der Waals surface area contributed by atoms with Crippen molar-refractivity contribution < 1.29 is 0 Å². The van der Waals surface area contributed by atoms with Crippen LogP contribution in [0.5, 0.6) is 0 Å². The van der Waals surface area contributed by atoms with E-state index in [2.05, 4.69) is 41.3 Å².